The van der Waals surface area contributed by atoms with Gasteiger partial charge in [-0.3, -0.25) is 9.59 Å². The van der Waals surface area contributed by atoms with E-state index >= 15 is 0 Å². The molecule has 1 saturated carbocycles. The summed E-state index contributed by atoms with van der Waals surface area (Å²) in [4.78, 5) is 24.4. The summed E-state index contributed by atoms with van der Waals surface area (Å²) in [6, 6.07) is 0. The van der Waals surface area contributed by atoms with Crippen molar-refractivity contribution in [3.63, 3.8) is 0 Å². The molecule has 1 heterocycles. The Morgan fingerprint density at radius 3 is 2.40 bits per heavy atom. The van der Waals surface area contributed by atoms with Crippen molar-refractivity contribution in [2.45, 2.75) is 19.0 Å². The molecule has 1 aliphatic carbocycles. The van der Waals surface area contributed by atoms with E-state index in [-0.39, 0.29) is 18.2 Å². The van der Waals surface area contributed by atoms with Crippen LogP contribution in [0.2, 0.25) is 0 Å². The minimum Gasteiger partial charge on any atom is -0.481 e. The zero-order valence-corrected chi connectivity index (χ0v) is 11.5. The molecule has 1 aliphatic heterocycles. The van der Waals surface area contributed by atoms with Gasteiger partial charge >= 0.3 is 12.1 Å². The molecular formula is C12H16F3NO3S. The average Bonchev–Trinajstić information content (AvgIpc) is 3.05. The molecule has 0 unspecified atom stereocenters. The summed E-state index contributed by atoms with van der Waals surface area (Å²) >= 11 is 0.526. The molecule has 1 N–H and O–H groups in total. The number of halogens is 3. The zero-order valence-electron chi connectivity index (χ0n) is 10.7. The highest BCUT2D eigenvalue weighted by atomic mass is 32.2. The first-order valence-corrected chi connectivity index (χ1v) is 7.58. The predicted molar refractivity (Wildman–Crippen MR) is 67.3 cm³/mol. The largest absolute Gasteiger partial charge is 0.481 e. The number of carboxylic acids is 1. The Bertz CT molecular complexity index is 398. The topological polar surface area (TPSA) is 57.6 Å². The van der Waals surface area contributed by atoms with Gasteiger partial charge in [-0.25, -0.2) is 0 Å². The fourth-order valence-corrected chi connectivity index (χ4v) is 3.33. The first kappa shape index (κ1) is 15.5. The van der Waals surface area contributed by atoms with Gasteiger partial charge in [0.2, 0.25) is 5.91 Å². The number of hydrogen-bond donors (Lipinski definition) is 1. The molecule has 20 heavy (non-hydrogen) atoms. The van der Waals surface area contributed by atoms with Crippen LogP contribution in [0.25, 0.3) is 0 Å². The first-order chi connectivity index (χ1) is 9.28. The van der Waals surface area contributed by atoms with Crippen LogP contribution < -0.4 is 0 Å². The molecule has 2 fully saturated rings. The van der Waals surface area contributed by atoms with Crippen LogP contribution in [0.15, 0.2) is 0 Å². The quantitative estimate of drug-likeness (QED) is 0.842. The highest BCUT2D eigenvalue weighted by Crippen LogP contribution is 2.44. The molecule has 0 bridgehead atoms. The van der Waals surface area contributed by atoms with E-state index in [4.69, 9.17) is 5.11 Å². The van der Waals surface area contributed by atoms with Crippen LogP contribution >= 0.6 is 11.8 Å². The van der Waals surface area contributed by atoms with Crippen molar-refractivity contribution in [2.24, 2.45) is 17.8 Å². The van der Waals surface area contributed by atoms with Crippen molar-refractivity contribution in [3.05, 3.63) is 0 Å². The standard InChI is InChI=1S/C12H16F3NO3S/c13-12(14,15)6-20-5-10(17)16-3-8(7-1-2-7)9(4-16)11(18)19/h7-9H,1-6H2,(H,18,19)/t8-,9+/m1/s1. The van der Waals surface area contributed by atoms with E-state index in [9.17, 15) is 22.8 Å². The Morgan fingerprint density at radius 2 is 1.90 bits per heavy atom. The fourth-order valence-electron chi connectivity index (χ4n) is 2.64. The van der Waals surface area contributed by atoms with Gasteiger partial charge in [-0.15, -0.1) is 11.8 Å². The Hall–Kier alpha value is -0.920. The maximum atomic E-state index is 12.0. The van der Waals surface area contributed by atoms with Gasteiger partial charge in [0, 0.05) is 13.1 Å². The summed E-state index contributed by atoms with van der Waals surface area (Å²) in [6.07, 6.45) is -2.31. The normalized spacial score (nSPS) is 26.9. The number of carbonyl (C=O) groups excluding carboxylic acids is 1. The van der Waals surface area contributed by atoms with Crippen molar-refractivity contribution < 1.29 is 27.9 Å². The Labute approximate surface area is 118 Å². The molecule has 1 amide bonds. The summed E-state index contributed by atoms with van der Waals surface area (Å²) in [5.41, 5.74) is 0. The van der Waals surface area contributed by atoms with Crippen LogP contribution in [-0.2, 0) is 9.59 Å². The highest BCUT2D eigenvalue weighted by Gasteiger charge is 2.46. The van der Waals surface area contributed by atoms with Crippen LogP contribution in [0.4, 0.5) is 13.2 Å². The molecule has 0 spiro atoms. The molecule has 0 aromatic carbocycles. The van der Waals surface area contributed by atoms with Crippen molar-refractivity contribution in [1.82, 2.24) is 4.90 Å². The lowest BCUT2D eigenvalue weighted by Gasteiger charge is -2.16. The minimum absolute atomic E-state index is 0.0379. The van der Waals surface area contributed by atoms with Crippen LogP contribution in [0.3, 0.4) is 0 Å². The van der Waals surface area contributed by atoms with Gasteiger partial charge in [-0.05, 0) is 24.7 Å². The summed E-state index contributed by atoms with van der Waals surface area (Å²) in [5, 5.41) is 9.15. The average molecular weight is 311 g/mol. The Morgan fingerprint density at radius 1 is 1.25 bits per heavy atom. The van der Waals surface area contributed by atoms with Crippen molar-refractivity contribution in [3.8, 4) is 0 Å². The Balaban J connectivity index is 1.83. The van der Waals surface area contributed by atoms with Gasteiger partial charge in [-0.1, -0.05) is 0 Å². The van der Waals surface area contributed by atoms with Crippen molar-refractivity contribution in [1.29, 1.82) is 0 Å². The Kier molecular flexibility index (Phi) is 4.51. The SMILES string of the molecule is O=C(O)[C@H]1CN(C(=O)CSCC(F)(F)F)C[C@@H]1C1CC1. The molecule has 4 nitrogen and oxygen atoms in total. The van der Waals surface area contributed by atoms with Gasteiger partial charge < -0.3 is 10.0 Å². The summed E-state index contributed by atoms with van der Waals surface area (Å²) in [6.45, 7) is 0.495. The van der Waals surface area contributed by atoms with Crippen LogP contribution in [-0.4, -0.2) is 52.7 Å². The third-order valence-corrected chi connectivity index (χ3v) is 4.74. The van der Waals surface area contributed by atoms with Crippen molar-refractivity contribution in [2.75, 3.05) is 24.6 Å². The number of amides is 1. The lowest BCUT2D eigenvalue weighted by Crippen LogP contribution is -2.31. The van der Waals surface area contributed by atoms with Crippen LogP contribution in [0.5, 0.6) is 0 Å². The van der Waals surface area contributed by atoms with Gasteiger partial charge in [0.15, 0.2) is 0 Å². The molecule has 2 atom stereocenters. The number of carboxylic acid groups (broad SMARTS) is 1. The molecular weight excluding hydrogens is 295 g/mol. The predicted octanol–water partition coefficient (Wildman–Crippen LogP) is 1.85. The van der Waals surface area contributed by atoms with Crippen molar-refractivity contribution >= 4 is 23.6 Å². The number of thioether (sulfide) groups is 1. The molecule has 114 valence electrons. The molecule has 0 aromatic rings. The van der Waals surface area contributed by atoms with Gasteiger partial charge in [-0.2, -0.15) is 13.2 Å². The van der Waals surface area contributed by atoms with Crippen LogP contribution in [0, 0.1) is 17.8 Å². The number of rotatable bonds is 5. The number of hydrogen-bond acceptors (Lipinski definition) is 3. The lowest BCUT2D eigenvalue weighted by atomic mass is 9.92. The highest BCUT2D eigenvalue weighted by molar-refractivity contribution is 8.00. The van der Waals surface area contributed by atoms with E-state index in [1.165, 1.54) is 4.90 Å². The molecule has 2 aliphatic rings. The second kappa shape index (κ2) is 5.83. The van der Waals surface area contributed by atoms with E-state index in [0.717, 1.165) is 12.8 Å². The smallest absolute Gasteiger partial charge is 0.397 e. The second-order valence-corrected chi connectivity index (χ2v) is 6.34. The number of nitrogens with zero attached hydrogens (tertiary/aromatic N) is 1. The van der Waals surface area contributed by atoms with E-state index < -0.39 is 29.7 Å². The first-order valence-electron chi connectivity index (χ1n) is 6.43. The molecule has 8 heteroatoms. The number of likely N-dealkylation sites (tertiary alicyclic amines) is 1. The monoisotopic (exact) mass is 311 g/mol. The van der Waals surface area contributed by atoms with E-state index in [1.807, 2.05) is 0 Å². The summed E-state index contributed by atoms with van der Waals surface area (Å²) in [5.74, 6) is -2.86. The van der Waals surface area contributed by atoms with E-state index in [0.29, 0.717) is 24.2 Å². The number of carbonyl (C=O) groups is 2. The number of aliphatic carboxylic acids is 1. The number of alkyl halides is 3. The van der Waals surface area contributed by atoms with E-state index in [1.54, 1.807) is 0 Å². The lowest BCUT2D eigenvalue weighted by molar-refractivity contribution is -0.142. The molecule has 0 radical (unpaired) electrons. The summed E-state index contributed by atoms with van der Waals surface area (Å²) < 4.78 is 36.0. The second-order valence-electron chi connectivity index (χ2n) is 5.35. The van der Waals surface area contributed by atoms with E-state index in [2.05, 4.69) is 0 Å². The molecule has 1 saturated heterocycles. The molecule has 0 aromatic heterocycles. The summed E-state index contributed by atoms with van der Waals surface area (Å²) in [7, 11) is 0. The maximum Gasteiger partial charge on any atom is 0.397 e. The van der Waals surface area contributed by atoms with Gasteiger partial charge in [0.1, 0.15) is 0 Å². The third-order valence-electron chi connectivity index (χ3n) is 3.75. The van der Waals surface area contributed by atoms with Gasteiger partial charge in [0.25, 0.3) is 0 Å². The van der Waals surface area contributed by atoms with Gasteiger partial charge in [0.05, 0.1) is 17.4 Å². The maximum absolute atomic E-state index is 12.0. The molecule has 2 rings (SSSR count). The van der Waals surface area contributed by atoms with Crippen LogP contribution in [0.1, 0.15) is 12.8 Å². The minimum atomic E-state index is -4.28. The fraction of sp³-hybridized carbons (Fsp3) is 0.833. The third kappa shape index (κ3) is 4.04. The zero-order chi connectivity index (χ0) is 14.9.